The Hall–Kier alpha value is -2.34. The zero-order valence-electron chi connectivity index (χ0n) is 13.8. The molecule has 25 heavy (non-hydrogen) atoms. The van der Waals surface area contributed by atoms with Crippen LogP contribution in [0.4, 0.5) is 0 Å². The molecule has 3 rings (SSSR count). The lowest BCUT2D eigenvalue weighted by Crippen LogP contribution is -2.34. The van der Waals surface area contributed by atoms with Crippen LogP contribution in [0.25, 0.3) is 5.69 Å². The first-order valence-corrected chi connectivity index (χ1v) is 8.41. The smallest absolute Gasteiger partial charge is 0.147 e. The molecule has 1 heterocycles. The van der Waals surface area contributed by atoms with Crippen molar-refractivity contribution in [3.8, 4) is 11.4 Å². The number of aliphatic hydroxyl groups excluding tert-OH is 1. The molecule has 0 spiro atoms. The Labute approximate surface area is 151 Å². The second-order valence-electron chi connectivity index (χ2n) is 5.70. The largest absolute Gasteiger partial charge is 0.476 e. The summed E-state index contributed by atoms with van der Waals surface area (Å²) in [6.45, 7) is 2.27. The molecule has 2 unspecified atom stereocenters. The van der Waals surface area contributed by atoms with Gasteiger partial charge in [-0.1, -0.05) is 29.8 Å². The molecule has 2 atom stereocenters. The number of benzene rings is 2. The molecule has 0 saturated carbocycles. The molecule has 1 aromatic heterocycles. The molecule has 2 N–H and O–H groups in total. The molecule has 130 valence electrons. The molecule has 6 heteroatoms. The molecule has 2 aromatic carbocycles. The van der Waals surface area contributed by atoms with Crippen LogP contribution in [0.1, 0.15) is 18.6 Å². The quantitative estimate of drug-likeness (QED) is 0.635. The lowest BCUT2D eigenvalue weighted by atomic mass is 10.1. The number of aliphatic hydroxyl groups is 1. The highest BCUT2D eigenvalue weighted by Gasteiger charge is 2.11. The van der Waals surface area contributed by atoms with Gasteiger partial charge in [0, 0.05) is 29.6 Å². The lowest BCUT2D eigenvalue weighted by molar-refractivity contribution is 0.128. The minimum Gasteiger partial charge on any atom is -0.476 e. The van der Waals surface area contributed by atoms with E-state index in [1.165, 1.54) is 0 Å². The number of halogens is 1. The van der Waals surface area contributed by atoms with Crippen molar-refractivity contribution >= 4 is 11.6 Å². The molecule has 0 amide bonds. The van der Waals surface area contributed by atoms with E-state index in [1.54, 1.807) is 24.7 Å². The fraction of sp³-hybridized carbons (Fsp3) is 0.211. The minimum absolute atomic E-state index is 0.252. The molecule has 3 aromatic rings. The maximum atomic E-state index is 10.3. The number of rotatable bonds is 7. The zero-order valence-corrected chi connectivity index (χ0v) is 14.6. The number of imidazole rings is 1. The summed E-state index contributed by atoms with van der Waals surface area (Å²) >= 11 is 5.94. The molecule has 0 aliphatic heterocycles. The van der Waals surface area contributed by atoms with Gasteiger partial charge in [-0.3, -0.25) is 5.32 Å². The average molecular weight is 358 g/mol. The van der Waals surface area contributed by atoms with E-state index in [4.69, 9.17) is 16.3 Å². The number of hydrogen-bond donors (Lipinski definition) is 2. The van der Waals surface area contributed by atoms with Crippen molar-refractivity contribution in [3.63, 3.8) is 0 Å². The Balaban J connectivity index is 1.52. The maximum absolute atomic E-state index is 10.3. The van der Waals surface area contributed by atoms with Crippen LogP contribution < -0.4 is 10.1 Å². The van der Waals surface area contributed by atoms with Crippen LogP contribution >= 0.6 is 11.6 Å². The number of aromatic nitrogens is 2. The van der Waals surface area contributed by atoms with Crippen molar-refractivity contribution in [2.24, 2.45) is 0 Å². The van der Waals surface area contributed by atoms with Crippen LogP contribution in [0, 0.1) is 0 Å². The zero-order chi connectivity index (χ0) is 17.6. The predicted octanol–water partition coefficient (Wildman–Crippen LogP) is 3.57. The summed E-state index contributed by atoms with van der Waals surface area (Å²) in [7, 11) is 0. The van der Waals surface area contributed by atoms with Gasteiger partial charge in [-0.05, 0) is 42.8 Å². The van der Waals surface area contributed by atoms with E-state index in [2.05, 4.69) is 10.3 Å². The number of nitrogens with one attached hydrogen (secondary N) is 1. The first kappa shape index (κ1) is 17.5. The van der Waals surface area contributed by atoms with Gasteiger partial charge in [0.25, 0.3) is 0 Å². The van der Waals surface area contributed by atoms with E-state index in [0.29, 0.717) is 17.3 Å². The van der Waals surface area contributed by atoms with Gasteiger partial charge < -0.3 is 14.4 Å². The maximum Gasteiger partial charge on any atom is 0.147 e. The Morgan fingerprint density at radius 3 is 2.72 bits per heavy atom. The molecular weight excluding hydrogens is 338 g/mol. The van der Waals surface area contributed by atoms with Crippen LogP contribution in [0.3, 0.4) is 0 Å². The van der Waals surface area contributed by atoms with E-state index in [-0.39, 0.29) is 6.23 Å². The highest BCUT2D eigenvalue weighted by molar-refractivity contribution is 6.30. The standard InChI is InChI=1S/C19H20ClN3O2/c1-14(25-18-4-2-3-16(20)11-18)22-12-19(24)15-5-7-17(8-6-15)23-10-9-21-13-23/h2-11,13-14,19,22,24H,12H2,1H3. The Morgan fingerprint density at radius 2 is 2.04 bits per heavy atom. The first-order chi connectivity index (χ1) is 12.1. The van der Waals surface area contributed by atoms with Gasteiger partial charge in [-0.15, -0.1) is 0 Å². The topological polar surface area (TPSA) is 59.3 Å². The number of nitrogens with zero attached hydrogens (tertiary/aromatic N) is 2. The van der Waals surface area contributed by atoms with Gasteiger partial charge in [-0.2, -0.15) is 0 Å². The summed E-state index contributed by atoms with van der Waals surface area (Å²) in [4.78, 5) is 4.03. The molecule has 0 fully saturated rings. The number of hydrogen-bond acceptors (Lipinski definition) is 4. The summed E-state index contributed by atoms with van der Waals surface area (Å²) in [6, 6.07) is 14.9. The number of ether oxygens (including phenoxy) is 1. The molecule has 0 radical (unpaired) electrons. The summed E-state index contributed by atoms with van der Waals surface area (Å²) in [5.41, 5.74) is 1.84. The second-order valence-corrected chi connectivity index (χ2v) is 6.14. The van der Waals surface area contributed by atoms with Gasteiger partial charge in [0.1, 0.15) is 12.0 Å². The van der Waals surface area contributed by atoms with Crippen molar-refractivity contribution < 1.29 is 9.84 Å². The fourth-order valence-electron chi connectivity index (χ4n) is 2.46. The van der Waals surface area contributed by atoms with Crippen LogP contribution in [0.2, 0.25) is 5.02 Å². The SMILES string of the molecule is CC(NCC(O)c1ccc(-n2ccnc2)cc1)Oc1cccc(Cl)c1. The Kier molecular flexibility index (Phi) is 5.71. The van der Waals surface area contributed by atoms with E-state index >= 15 is 0 Å². The van der Waals surface area contributed by atoms with E-state index < -0.39 is 6.10 Å². The predicted molar refractivity (Wildman–Crippen MR) is 98.1 cm³/mol. The molecule has 0 aliphatic carbocycles. The first-order valence-electron chi connectivity index (χ1n) is 8.04. The van der Waals surface area contributed by atoms with Crippen LogP contribution in [0.5, 0.6) is 5.75 Å². The fourth-order valence-corrected chi connectivity index (χ4v) is 2.64. The monoisotopic (exact) mass is 357 g/mol. The van der Waals surface area contributed by atoms with E-state index in [9.17, 15) is 5.11 Å². The summed E-state index contributed by atoms with van der Waals surface area (Å²) in [5, 5.41) is 14.1. The van der Waals surface area contributed by atoms with Gasteiger partial charge in [0.05, 0.1) is 12.4 Å². The van der Waals surface area contributed by atoms with Gasteiger partial charge in [0.15, 0.2) is 0 Å². The van der Waals surface area contributed by atoms with Crippen LogP contribution in [0.15, 0.2) is 67.3 Å². The van der Waals surface area contributed by atoms with Crippen molar-refractivity contribution in [2.45, 2.75) is 19.3 Å². The van der Waals surface area contributed by atoms with Crippen molar-refractivity contribution in [2.75, 3.05) is 6.54 Å². The summed E-state index contributed by atoms with van der Waals surface area (Å²) in [5.74, 6) is 0.687. The molecule has 0 saturated heterocycles. The second kappa shape index (κ2) is 8.16. The molecule has 0 aliphatic rings. The third-order valence-corrected chi connectivity index (χ3v) is 4.02. The van der Waals surface area contributed by atoms with Crippen LogP contribution in [-0.2, 0) is 0 Å². The van der Waals surface area contributed by atoms with Gasteiger partial charge >= 0.3 is 0 Å². The van der Waals surface area contributed by atoms with Gasteiger partial charge in [-0.25, -0.2) is 4.98 Å². The van der Waals surface area contributed by atoms with Crippen molar-refractivity contribution in [3.05, 3.63) is 77.8 Å². The summed E-state index contributed by atoms with van der Waals surface area (Å²) in [6.07, 6.45) is 4.47. The molecule has 0 bridgehead atoms. The lowest BCUT2D eigenvalue weighted by Gasteiger charge is -2.19. The third-order valence-electron chi connectivity index (χ3n) is 3.79. The summed E-state index contributed by atoms with van der Waals surface area (Å²) < 4.78 is 7.64. The van der Waals surface area contributed by atoms with Crippen molar-refractivity contribution in [1.82, 2.24) is 14.9 Å². The highest BCUT2D eigenvalue weighted by atomic mass is 35.5. The van der Waals surface area contributed by atoms with Crippen molar-refractivity contribution in [1.29, 1.82) is 0 Å². The molecule has 5 nitrogen and oxygen atoms in total. The molecular formula is C19H20ClN3O2. The Morgan fingerprint density at radius 1 is 1.24 bits per heavy atom. The highest BCUT2D eigenvalue weighted by Crippen LogP contribution is 2.19. The average Bonchev–Trinajstić information content (AvgIpc) is 3.14. The Bertz CT molecular complexity index is 791. The van der Waals surface area contributed by atoms with E-state index in [0.717, 1.165) is 11.3 Å². The minimum atomic E-state index is -0.623. The van der Waals surface area contributed by atoms with Crippen LogP contribution in [-0.4, -0.2) is 27.4 Å². The van der Waals surface area contributed by atoms with Gasteiger partial charge in [0.2, 0.25) is 0 Å². The third kappa shape index (κ3) is 4.82. The normalized spacial score (nSPS) is 13.4. The van der Waals surface area contributed by atoms with E-state index in [1.807, 2.05) is 54.1 Å².